The molecule has 0 saturated carbocycles. The Morgan fingerprint density at radius 3 is 2.84 bits per heavy atom. The van der Waals surface area contributed by atoms with Gasteiger partial charge in [-0.25, -0.2) is 4.98 Å². The molecule has 0 bridgehead atoms. The van der Waals surface area contributed by atoms with Crippen molar-refractivity contribution < 1.29 is 0 Å². The van der Waals surface area contributed by atoms with Gasteiger partial charge in [-0.1, -0.05) is 12.1 Å². The standard InChI is InChI=1S/C15H17N3S/c1-10-6-7-19-14(10)8-11(9-16)15-17-12-4-2-3-5-13(12)18-15/h2-7,11H,8-9,16H2,1H3,(H,17,18). The summed E-state index contributed by atoms with van der Waals surface area (Å²) in [6, 6.07) is 10.3. The highest BCUT2D eigenvalue weighted by atomic mass is 32.1. The second-order valence-corrected chi connectivity index (χ2v) is 5.80. The topological polar surface area (TPSA) is 54.7 Å². The number of aryl methyl sites for hydroxylation is 1. The molecule has 2 heterocycles. The summed E-state index contributed by atoms with van der Waals surface area (Å²) in [5.41, 5.74) is 9.38. The maximum Gasteiger partial charge on any atom is 0.111 e. The van der Waals surface area contributed by atoms with Crippen LogP contribution in [0.2, 0.25) is 0 Å². The van der Waals surface area contributed by atoms with Crippen molar-refractivity contribution >= 4 is 22.4 Å². The smallest absolute Gasteiger partial charge is 0.111 e. The van der Waals surface area contributed by atoms with E-state index in [9.17, 15) is 0 Å². The third kappa shape index (κ3) is 2.41. The Hall–Kier alpha value is -1.65. The maximum absolute atomic E-state index is 5.94. The van der Waals surface area contributed by atoms with Crippen LogP contribution in [0, 0.1) is 6.92 Å². The normalized spacial score (nSPS) is 12.9. The molecule has 0 aliphatic heterocycles. The molecule has 0 fully saturated rings. The Bertz CT molecular complexity index is 650. The second-order valence-electron chi connectivity index (χ2n) is 4.80. The minimum atomic E-state index is 0.254. The van der Waals surface area contributed by atoms with Gasteiger partial charge in [-0.15, -0.1) is 11.3 Å². The number of H-pyrrole nitrogens is 1. The fourth-order valence-corrected chi connectivity index (χ4v) is 3.28. The quantitative estimate of drug-likeness (QED) is 0.765. The summed E-state index contributed by atoms with van der Waals surface area (Å²) < 4.78 is 0. The first-order valence-electron chi connectivity index (χ1n) is 6.45. The fourth-order valence-electron chi connectivity index (χ4n) is 2.29. The Balaban J connectivity index is 1.91. The van der Waals surface area contributed by atoms with Gasteiger partial charge < -0.3 is 10.7 Å². The van der Waals surface area contributed by atoms with Crippen LogP contribution in [-0.4, -0.2) is 16.5 Å². The molecule has 1 unspecified atom stereocenters. The molecule has 4 heteroatoms. The van der Waals surface area contributed by atoms with E-state index < -0.39 is 0 Å². The molecule has 1 atom stereocenters. The average Bonchev–Trinajstić information content (AvgIpc) is 3.02. The summed E-state index contributed by atoms with van der Waals surface area (Å²) in [5, 5.41) is 2.14. The zero-order valence-electron chi connectivity index (χ0n) is 10.9. The van der Waals surface area contributed by atoms with E-state index in [1.807, 2.05) is 18.2 Å². The summed E-state index contributed by atoms with van der Waals surface area (Å²) in [5.74, 6) is 1.25. The summed E-state index contributed by atoms with van der Waals surface area (Å²) in [7, 11) is 0. The number of rotatable bonds is 4. The van der Waals surface area contributed by atoms with Gasteiger partial charge in [0.05, 0.1) is 11.0 Å². The molecule has 3 nitrogen and oxygen atoms in total. The number of aromatic nitrogens is 2. The van der Waals surface area contributed by atoms with Crippen molar-refractivity contribution in [1.29, 1.82) is 0 Å². The Morgan fingerprint density at radius 1 is 1.32 bits per heavy atom. The maximum atomic E-state index is 5.94. The number of aromatic amines is 1. The first-order valence-corrected chi connectivity index (χ1v) is 7.33. The molecule has 0 spiro atoms. The van der Waals surface area contributed by atoms with Crippen LogP contribution in [0.15, 0.2) is 35.7 Å². The second kappa shape index (κ2) is 5.15. The molecule has 0 radical (unpaired) electrons. The van der Waals surface area contributed by atoms with Gasteiger partial charge in [0.1, 0.15) is 5.82 Å². The number of fused-ring (bicyclic) bond motifs is 1. The van der Waals surface area contributed by atoms with Crippen molar-refractivity contribution in [2.45, 2.75) is 19.3 Å². The number of benzene rings is 1. The van der Waals surface area contributed by atoms with Crippen LogP contribution < -0.4 is 5.73 Å². The third-order valence-corrected chi connectivity index (χ3v) is 4.52. The largest absolute Gasteiger partial charge is 0.342 e. The number of thiophene rings is 1. The van der Waals surface area contributed by atoms with E-state index in [4.69, 9.17) is 5.73 Å². The molecule has 0 aliphatic rings. The molecule has 0 saturated heterocycles. The zero-order valence-corrected chi connectivity index (χ0v) is 11.7. The van der Waals surface area contributed by atoms with Crippen LogP contribution in [0.1, 0.15) is 22.2 Å². The van der Waals surface area contributed by atoms with E-state index in [0.29, 0.717) is 6.54 Å². The molecule has 2 aromatic heterocycles. The first kappa shape index (κ1) is 12.4. The highest BCUT2D eigenvalue weighted by Gasteiger charge is 2.16. The van der Waals surface area contributed by atoms with Gasteiger partial charge in [-0.05, 0) is 42.5 Å². The van der Waals surface area contributed by atoms with Crippen molar-refractivity contribution in [2.75, 3.05) is 6.54 Å². The molecule has 98 valence electrons. The lowest BCUT2D eigenvalue weighted by atomic mass is 10.0. The van der Waals surface area contributed by atoms with Gasteiger partial charge in [0.15, 0.2) is 0 Å². The number of nitrogens with one attached hydrogen (secondary N) is 1. The van der Waals surface area contributed by atoms with Crippen molar-refractivity contribution in [1.82, 2.24) is 9.97 Å². The van der Waals surface area contributed by atoms with E-state index in [2.05, 4.69) is 34.4 Å². The lowest BCUT2D eigenvalue weighted by Crippen LogP contribution is -2.16. The lowest BCUT2D eigenvalue weighted by Gasteiger charge is -2.11. The van der Waals surface area contributed by atoms with Gasteiger partial charge in [-0.3, -0.25) is 0 Å². The molecule has 0 amide bonds. The van der Waals surface area contributed by atoms with Crippen molar-refractivity contribution in [3.05, 3.63) is 52.0 Å². The number of nitrogens with zero attached hydrogens (tertiary/aromatic N) is 1. The van der Waals surface area contributed by atoms with E-state index in [-0.39, 0.29) is 5.92 Å². The number of hydrogen-bond acceptors (Lipinski definition) is 3. The molecule has 1 aromatic carbocycles. The minimum Gasteiger partial charge on any atom is -0.342 e. The van der Waals surface area contributed by atoms with Gasteiger partial charge in [-0.2, -0.15) is 0 Å². The van der Waals surface area contributed by atoms with Crippen LogP contribution in [0.5, 0.6) is 0 Å². The van der Waals surface area contributed by atoms with Gasteiger partial charge in [0.2, 0.25) is 0 Å². The number of imidazole rings is 1. The Kier molecular flexibility index (Phi) is 3.36. The molecule has 0 aliphatic carbocycles. The van der Waals surface area contributed by atoms with Gasteiger partial charge in [0.25, 0.3) is 0 Å². The summed E-state index contributed by atoms with van der Waals surface area (Å²) in [6.45, 7) is 2.76. The van der Waals surface area contributed by atoms with Crippen LogP contribution in [0.4, 0.5) is 0 Å². The molecular formula is C15H17N3S. The Morgan fingerprint density at radius 2 is 2.16 bits per heavy atom. The van der Waals surface area contributed by atoms with Gasteiger partial charge in [0, 0.05) is 17.3 Å². The highest BCUT2D eigenvalue weighted by molar-refractivity contribution is 7.10. The zero-order chi connectivity index (χ0) is 13.2. The fraction of sp³-hybridized carbons (Fsp3) is 0.267. The molecule has 3 aromatic rings. The van der Waals surface area contributed by atoms with Crippen LogP contribution in [0.25, 0.3) is 11.0 Å². The van der Waals surface area contributed by atoms with Crippen LogP contribution >= 0.6 is 11.3 Å². The highest BCUT2D eigenvalue weighted by Crippen LogP contribution is 2.25. The number of hydrogen-bond donors (Lipinski definition) is 2. The van der Waals surface area contributed by atoms with E-state index in [0.717, 1.165) is 23.3 Å². The van der Waals surface area contributed by atoms with Crippen LogP contribution in [-0.2, 0) is 6.42 Å². The van der Waals surface area contributed by atoms with Gasteiger partial charge >= 0.3 is 0 Å². The van der Waals surface area contributed by atoms with Crippen LogP contribution in [0.3, 0.4) is 0 Å². The number of para-hydroxylation sites is 2. The third-order valence-electron chi connectivity index (χ3n) is 3.48. The first-order chi connectivity index (χ1) is 9.28. The van der Waals surface area contributed by atoms with E-state index in [1.165, 1.54) is 10.4 Å². The van der Waals surface area contributed by atoms with E-state index >= 15 is 0 Å². The minimum absolute atomic E-state index is 0.254. The predicted molar refractivity (Wildman–Crippen MR) is 80.6 cm³/mol. The Labute approximate surface area is 116 Å². The SMILES string of the molecule is Cc1ccsc1CC(CN)c1nc2ccccc2[nH]1. The van der Waals surface area contributed by atoms with Crippen molar-refractivity contribution in [2.24, 2.45) is 5.73 Å². The van der Waals surface area contributed by atoms with Crippen molar-refractivity contribution in [3.63, 3.8) is 0 Å². The summed E-state index contributed by atoms with van der Waals surface area (Å²) in [4.78, 5) is 9.45. The number of nitrogens with two attached hydrogens (primary N) is 1. The van der Waals surface area contributed by atoms with E-state index in [1.54, 1.807) is 11.3 Å². The monoisotopic (exact) mass is 271 g/mol. The summed E-state index contributed by atoms with van der Waals surface area (Å²) in [6.07, 6.45) is 0.958. The lowest BCUT2D eigenvalue weighted by molar-refractivity contribution is 0.662. The predicted octanol–water partition coefficient (Wildman–Crippen LogP) is 3.22. The summed E-state index contributed by atoms with van der Waals surface area (Å²) >= 11 is 1.80. The molecule has 3 N–H and O–H groups in total. The van der Waals surface area contributed by atoms with Crippen molar-refractivity contribution in [3.8, 4) is 0 Å². The molecule has 19 heavy (non-hydrogen) atoms. The molecule has 3 rings (SSSR count). The molecular weight excluding hydrogens is 254 g/mol. The average molecular weight is 271 g/mol.